The van der Waals surface area contributed by atoms with Crippen LogP contribution in [0.2, 0.25) is 0 Å². The number of piperazine rings is 1. The van der Waals surface area contributed by atoms with E-state index in [-0.39, 0.29) is 36.5 Å². The molecule has 1 amide bonds. The van der Waals surface area contributed by atoms with Gasteiger partial charge in [0.15, 0.2) is 12.6 Å². The number of rotatable bonds is 5. The predicted molar refractivity (Wildman–Crippen MR) is 136 cm³/mol. The first kappa shape index (κ1) is 25.0. The zero-order chi connectivity index (χ0) is 22.5. The lowest BCUT2D eigenvalue weighted by Gasteiger charge is -2.37. The first-order chi connectivity index (χ1) is 15.6. The van der Waals surface area contributed by atoms with Crippen molar-refractivity contribution in [2.24, 2.45) is 4.99 Å². The van der Waals surface area contributed by atoms with Gasteiger partial charge in [-0.1, -0.05) is 12.1 Å². The number of ether oxygens (including phenoxy) is 1. The van der Waals surface area contributed by atoms with Gasteiger partial charge in [0.2, 0.25) is 0 Å². The Morgan fingerprint density at radius 3 is 2.61 bits per heavy atom. The van der Waals surface area contributed by atoms with Gasteiger partial charge >= 0.3 is 0 Å². The van der Waals surface area contributed by atoms with Crippen LogP contribution >= 0.6 is 24.0 Å². The molecule has 10 heteroatoms. The lowest BCUT2D eigenvalue weighted by atomic mass is 10.2. The van der Waals surface area contributed by atoms with Crippen molar-refractivity contribution in [3.63, 3.8) is 0 Å². The summed E-state index contributed by atoms with van der Waals surface area (Å²) in [6.45, 7) is 3.71. The first-order valence-corrected chi connectivity index (χ1v) is 10.7. The van der Waals surface area contributed by atoms with E-state index in [0.717, 1.165) is 36.0 Å². The Bertz CT molecular complexity index is 999. The molecule has 33 heavy (non-hydrogen) atoms. The number of carbonyl (C=O) groups excluding carboxylic acids is 1. The zero-order valence-electron chi connectivity index (χ0n) is 18.5. The summed E-state index contributed by atoms with van der Waals surface area (Å²) < 4.78 is 33.1. The molecule has 1 N–H and O–H groups in total. The lowest BCUT2D eigenvalue weighted by Crippen LogP contribution is -2.53. The Kier molecular flexibility index (Phi) is 8.70. The topological polar surface area (TPSA) is 60.4 Å². The molecule has 0 atom stereocenters. The predicted octanol–water partition coefficient (Wildman–Crippen LogP) is 3.10. The molecular weight excluding hydrogens is 543 g/mol. The third kappa shape index (κ3) is 5.84. The molecule has 0 radical (unpaired) electrons. The number of para-hydroxylation sites is 2. The van der Waals surface area contributed by atoms with E-state index >= 15 is 0 Å². The fourth-order valence-electron chi connectivity index (χ4n) is 4.06. The highest BCUT2D eigenvalue weighted by molar-refractivity contribution is 14.0. The van der Waals surface area contributed by atoms with E-state index in [1.165, 1.54) is 6.07 Å². The Morgan fingerprint density at radius 1 is 1.09 bits per heavy atom. The number of guanidine groups is 1. The molecule has 0 bridgehead atoms. The summed E-state index contributed by atoms with van der Waals surface area (Å²) in [7, 11) is 1.72. The highest BCUT2D eigenvalue weighted by Gasteiger charge is 2.25. The summed E-state index contributed by atoms with van der Waals surface area (Å²) >= 11 is 0. The Balaban J connectivity index is 0.00000306. The third-order valence-electron chi connectivity index (χ3n) is 5.69. The number of hydrogen-bond acceptors (Lipinski definition) is 4. The van der Waals surface area contributed by atoms with Gasteiger partial charge in [0, 0.05) is 52.4 Å². The smallest absolute Gasteiger partial charge is 0.265 e. The van der Waals surface area contributed by atoms with Crippen molar-refractivity contribution in [3.05, 3.63) is 54.1 Å². The second-order valence-corrected chi connectivity index (χ2v) is 7.70. The van der Waals surface area contributed by atoms with Crippen LogP contribution < -0.4 is 19.9 Å². The van der Waals surface area contributed by atoms with Crippen LogP contribution in [0.15, 0.2) is 47.5 Å². The highest BCUT2D eigenvalue weighted by Crippen LogP contribution is 2.31. The maximum absolute atomic E-state index is 14.1. The van der Waals surface area contributed by atoms with Crippen molar-refractivity contribution < 1.29 is 18.3 Å². The Morgan fingerprint density at radius 2 is 1.85 bits per heavy atom. The van der Waals surface area contributed by atoms with Gasteiger partial charge in [-0.05, 0) is 30.7 Å². The van der Waals surface area contributed by atoms with E-state index in [0.29, 0.717) is 45.0 Å². The van der Waals surface area contributed by atoms with Gasteiger partial charge in [-0.3, -0.25) is 9.79 Å². The third-order valence-corrected chi connectivity index (χ3v) is 5.69. The van der Waals surface area contributed by atoms with Crippen molar-refractivity contribution in [1.82, 2.24) is 10.2 Å². The molecular formula is C23H28F2IN5O2. The summed E-state index contributed by atoms with van der Waals surface area (Å²) in [5.41, 5.74) is 1.09. The summed E-state index contributed by atoms with van der Waals surface area (Å²) in [4.78, 5) is 22.3. The van der Waals surface area contributed by atoms with Crippen LogP contribution in [0, 0.1) is 11.6 Å². The number of fused-ring (bicyclic) bond motifs is 1. The summed E-state index contributed by atoms with van der Waals surface area (Å²) in [5.74, 6) is 0.583. The molecule has 0 spiro atoms. The second-order valence-electron chi connectivity index (χ2n) is 7.70. The zero-order valence-corrected chi connectivity index (χ0v) is 20.8. The van der Waals surface area contributed by atoms with Gasteiger partial charge in [-0.15, -0.1) is 24.0 Å². The van der Waals surface area contributed by atoms with Crippen LogP contribution in [0.4, 0.5) is 20.2 Å². The van der Waals surface area contributed by atoms with Crippen molar-refractivity contribution in [2.75, 3.05) is 62.7 Å². The van der Waals surface area contributed by atoms with Crippen LogP contribution in [0.5, 0.6) is 5.75 Å². The van der Waals surface area contributed by atoms with Gasteiger partial charge in [-0.25, -0.2) is 8.78 Å². The van der Waals surface area contributed by atoms with Gasteiger partial charge in [-0.2, -0.15) is 0 Å². The second kappa shape index (κ2) is 11.5. The normalized spacial score (nSPS) is 16.2. The molecule has 0 unspecified atom stereocenters. The number of hydrogen-bond donors (Lipinski definition) is 1. The van der Waals surface area contributed by atoms with Crippen LogP contribution in [0.3, 0.4) is 0 Å². The maximum atomic E-state index is 14.1. The molecule has 1 fully saturated rings. The van der Waals surface area contributed by atoms with Gasteiger partial charge in [0.1, 0.15) is 17.4 Å². The molecule has 2 aromatic rings. The average molecular weight is 571 g/mol. The minimum Gasteiger partial charge on any atom is -0.482 e. The van der Waals surface area contributed by atoms with Crippen molar-refractivity contribution in [3.8, 4) is 5.75 Å². The van der Waals surface area contributed by atoms with Gasteiger partial charge in [0.25, 0.3) is 5.91 Å². The SMILES string of the molecule is CN=C(NCCCN1C(=O)COc2ccccc21)N1CCN(c2cc(F)ccc2F)CC1.I. The standard InChI is InChI=1S/C23H27F2N5O2.HI/c1-26-23(29-13-11-28(12-14-29)20-15-17(24)7-8-18(20)25)27-9-4-10-30-19-5-2-3-6-21(19)32-16-22(30)31;/h2-3,5-8,15H,4,9-14,16H2,1H3,(H,26,27);1H. The van der Waals surface area contributed by atoms with Crippen LogP contribution in [0.25, 0.3) is 0 Å². The Labute approximate surface area is 209 Å². The van der Waals surface area contributed by atoms with Crippen LogP contribution in [-0.2, 0) is 4.79 Å². The highest BCUT2D eigenvalue weighted by atomic mass is 127. The average Bonchev–Trinajstić information content (AvgIpc) is 2.82. The molecule has 1 saturated heterocycles. The lowest BCUT2D eigenvalue weighted by molar-refractivity contribution is -0.121. The fraction of sp³-hybridized carbons (Fsp3) is 0.391. The molecule has 0 aromatic heterocycles. The number of aliphatic imine (C=N–C) groups is 1. The van der Waals surface area contributed by atoms with Crippen LogP contribution in [0.1, 0.15) is 6.42 Å². The number of nitrogens with zero attached hydrogens (tertiary/aromatic N) is 4. The monoisotopic (exact) mass is 571 g/mol. The van der Waals surface area contributed by atoms with Crippen molar-refractivity contribution in [2.45, 2.75) is 6.42 Å². The minimum absolute atomic E-state index is 0. The fourth-order valence-corrected chi connectivity index (χ4v) is 4.06. The number of halogens is 3. The molecule has 178 valence electrons. The molecule has 2 heterocycles. The van der Waals surface area contributed by atoms with E-state index in [2.05, 4.69) is 15.2 Å². The van der Waals surface area contributed by atoms with E-state index in [1.807, 2.05) is 29.2 Å². The van der Waals surface area contributed by atoms with Gasteiger partial charge < -0.3 is 24.8 Å². The van der Waals surface area contributed by atoms with Gasteiger partial charge in [0.05, 0.1) is 11.4 Å². The van der Waals surface area contributed by atoms with E-state index in [9.17, 15) is 13.6 Å². The van der Waals surface area contributed by atoms with E-state index in [4.69, 9.17) is 4.74 Å². The maximum Gasteiger partial charge on any atom is 0.265 e. The summed E-state index contributed by atoms with van der Waals surface area (Å²) in [6.07, 6.45) is 0.744. The van der Waals surface area contributed by atoms with Crippen molar-refractivity contribution in [1.29, 1.82) is 0 Å². The Hall–Kier alpha value is -2.63. The molecule has 2 aliphatic rings. The molecule has 0 saturated carbocycles. The van der Waals surface area contributed by atoms with E-state index in [1.54, 1.807) is 11.9 Å². The summed E-state index contributed by atoms with van der Waals surface area (Å²) in [6, 6.07) is 11.1. The quantitative estimate of drug-likeness (QED) is 0.259. The molecule has 2 aromatic carbocycles. The number of benzene rings is 2. The minimum atomic E-state index is -0.442. The number of nitrogens with one attached hydrogen (secondary N) is 1. The number of anilines is 2. The molecule has 2 aliphatic heterocycles. The van der Waals surface area contributed by atoms with Crippen molar-refractivity contribution >= 4 is 47.2 Å². The molecule has 7 nitrogen and oxygen atoms in total. The number of amides is 1. The molecule has 4 rings (SSSR count). The first-order valence-electron chi connectivity index (χ1n) is 10.7. The molecule has 0 aliphatic carbocycles. The largest absolute Gasteiger partial charge is 0.482 e. The van der Waals surface area contributed by atoms with Crippen LogP contribution in [-0.4, -0.2) is 69.7 Å². The van der Waals surface area contributed by atoms with E-state index < -0.39 is 11.6 Å². The summed E-state index contributed by atoms with van der Waals surface area (Å²) in [5, 5.41) is 3.35. The number of carbonyl (C=O) groups is 1.